The number of nitrogens with zero attached hydrogens (tertiary/aromatic N) is 1. The summed E-state index contributed by atoms with van der Waals surface area (Å²) in [6.45, 7) is 0. The van der Waals surface area contributed by atoms with Crippen molar-refractivity contribution in [3.63, 3.8) is 0 Å². The van der Waals surface area contributed by atoms with Gasteiger partial charge in [-0.05, 0) is 24.3 Å². The van der Waals surface area contributed by atoms with Gasteiger partial charge in [0.15, 0.2) is 0 Å². The number of carbonyl (C=O) groups excluding carboxylic acids is 1. The van der Waals surface area contributed by atoms with E-state index >= 15 is 0 Å². The van der Waals surface area contributed by atoms with Crippen molar-refractivity contribution in [1.29, 1.82) is 0 Å². The normalized spacial score (nSPS) is 9.17. The lowest BCUT2D eigenvalue weighted by molar-refractivity contribution is 0.0600. The van der Waals surface area contributed by atoms with Crippen LogP contribution in [-0.2, 0) is 4.74 Å². The lowest BCUT2D eigenvalue weighted by Gasteiger charge is -2.01. The number of ether oxygens (including phenoxy) is 1. The molecule has 0 saturated heterocycles. The molecule has 0 saturated carbocycles. The number of aromatic nitrogens is 1. The van der Waals surface area contributed by atoms with Crippen LogP contribution in [0.25, 0.3) is 0 Å². The summed E-state index contributed by atoms with van der Waals surface area (Å²) in [6.07, 6.45) is 3.35. The Morgan fingerprint density at radius 2 is 1.83 bits per heavy atom. The van der Waals surface area contributed by atoms with E-state index in [1.165, 1.54) is 7.11 Å². The van der Waals surface area contributed by atoms with Crippen molar-refractivity contribution in [3.05, 3.63) is 65.5 Å². The largest absolute Gasteiger partial charge is 0.465 e. The van der Waals surface area contributed by atoms with E-state index in [1.807, 2.05) is 18.2 Å². The van der Waals surface area contributed by atoms with Gasteiger partial charge in [-0.25, -0.2) is 4.79 Å². The summed E-state index contributed by atoms with van der Waals surface area (Å²) in [5.41, 5.74) is 1.98. The Labute approximate surface area is 105 Å². The van der Waals surface area contributed by atoms with Gasteiger partial charge in [0.25, 0.3) is 0 Å². The molecule has 0 aliphatic heterocycles. The number of methoxy groups -OCH3 is 1. The van der Waals surface area contributed by atoms with Gasteiger partial charge < -0.3 is 4.74 Å². The second-order valence-electron chi connectivity index (χ2n) is 3.52. The third-order valence-corrected chi connectivity index (χ3v) is 2.35. The van der Waals surface area contributed by atoms with Crippen LogP contribution >= 0.6 is 0 Å². The van der Waals surface area contributed by atoms with Crippen LogP contribution in [0.1, 0.15) is 21.5 Å². The van der Waals surface area contributed by atoms with E-state index in [4.69, 9.17) is 4.74 Å². The van der Waals surface area contributed by atoms with Gasteiger partial charge >= 0.3 is 5.97 Å². The van der Waals surface area contributed by atoms with E-state index in [0.717, 1.165) is 5.56 Å². The SMILES string of the molecule is COC(=O)c1ccccc1C#Cc1ccncc1. The third-order valence-electron chi connectivity index (χ3n) is 2.35. The van der Waals surface area contributed by atoms with Crippen LogP contribution in [0.4, 0.5) is 0 Å². The van der Waals surface area contributed by atoms with Crippen LogP contribution in [0.5, 0.6) is 0 Å². The maximum atomic E-state index is 11.5. The molecule has 0 aliphatic rings. The Bertz CT molecular complexity index is 609. The monoisotopic (exact) mass is 237 g/mol. The van der Waals surface area contributed by atoms with Gasteiger partial charge in [-0.1, -0.05) is 24.0 Å². The first-order chi connectivity index (χ1) is 8.81. The zero-order valence-corrected chi connectivity index (χ0v) is 9.88. The standard InChI is InChI=1S/C15H11NO2/c1-18-15(17)14-5-3-2-4-13(14)7-6-12-8-10-16-11-9-12/h2-5,8-11H,1H3. The molecule has 0 radical (unpaired) electrons. The van der Waals surface area contributed by atoms with Gasteiger partial charge in [-0.3, -0.25) is 4.98 Å². The third kappa shape index (κ3) is 2.74. The molecular weight excluding hydrogens is 226 g/mol. The predicted octanol–water partition coefficient (Wildman–Crippen LogP) is 2.27. The number of carbonyl (C=O) groups is 1. The fourth-order valence-corrected chi connectivity index (χ4v) is 1.45. The van der Waals surface area contributed by atoms with Crippen LogP contribution in [-0.4, -0.2) is 18.1 Å². The molecule has 1 heterocycles. The summed E-state index contributed by atoms with van der Waals surface area (Å²) in [6, 6.07) is 10.7. The highest BCUT2D eigenvalue weighted by Crippen LogP contribution is 2.08. The van der Waals surface area contributed by atoms with Crippen LogP contribution < -0.4 is 0 Å². The number of rotatable bonds is 1. The number of esters is 1. The topological polar surface area (TPSA) is 39.2 Å². The Hall–Kier alpha value is -2.60. The minimum Gasteiger partial charge on any atom is -0.465 e. The van der Waals surface area contributed by atoms with E-state index in [9.17, 15) is 4.79 Å². The molecule has 0 aliphatic carbocycles. The summed E-state index contributed by atoms with van der Waals surface area (Å²) in [5.74, 6) is 5.57. The van der Waals surface area contributed by atoms with Gasteiger partial charge in [0, 0.05) is 23.5 Å². The molecule has 0 unspecified atom stereocenters. The molecule has 3 nitrogen and oxygen atoms in total. The summed E-state index contributed by atoms with van der Waals surface area (Å²) in [5, 5.41) is 0. The zero-order valence-electron chi connectivity index (χ0n) is 9.88. The second-order valence-corrected chi connectivity index (χ2v) is 3.52. The highest BCUT2D eigenvalue weighted by Gasteiger charge is 2.08. The number of hydrogen-bond acceptors (Lipinski definition) is 3. The first-order valence-corrected chi connectivity index (χ1v) is 5.40. The van der Waals surface area contributed by atoms with Crippen molar-refractivity contribution in [2.45, 2.75) is 0 Å². The molecule has 0 fully saturated rings. The minimum atomic E-state index is -0.380. The number of pyridine rings is 1. The maximum absolute atomic E-state index is 11.5. The average molecular weight is 237 g/mol. The molecule has 1 aromatic carbocycles. The van der Waals surface area contributed by atoms with E-state index in [0.29, 0.717) is 11.1 Å². The molecule has 2 rings (SSSR count). The molecule has 0 bridgehead atoms. The second kappa shape index (κ2) is 5.65. The quantitative estimate of drug-likeness (QED) is 0.564. The molecule has 1 aromatic heterocycles. The number of hydrogen-bond donors (Lipinski definition) is 0. The minimum absolute atomic E-state index is 0.380. The van der Waals surface area contributed by atoms with Crippen molar-refractivity contribution in [1.82, 2.24) is 4.98 Å². The maximum Gasteiger partial charge on any atom is 0.339 e. The Morgan fingerprint density at radius 1 is 1.11 bits per heavy atom. The van der Waals surface area contributed by atoms with Crippen molar-refractivity contribution in [3.8, 4) is 11.8 Å². The highest BCUT2D eigenvalue weighted by molar-refractivity contribution is 5.92. The van der Waals surface area contributed by atoms with Crippen molar-refractivity contribution in [2.75, 3.05) is 7.11 Å². The average Bonchev–Trinajstić information content (AvgIpc) is 2.45. The van der Waals surface area contributed by atoms with Gasteiger partial charge in [0.05, 0.1) is 12.7 Å². The molecular formula is C15H11NO2. The van der Waals surface area contributed by atoms with Crippen LogP contribution in [0.3, 0.4) is 0 Å². The fraction of sp³-hybridized carbons (Fsp3) is 0.0667. The Balaban J connectivity index is 2.36. The molecule has 0 spiro atoms. The summed E-state index contributed by atoms with van der Waals surface area (Å²) < 4.78 is 4.71. The molecule has 18 heavy (non-hydrogen) atoms. The molecule has 2 aromatic rings. The molecule has 0 N–H and O–H groups in total. The summed E-state index contributed by atoms with van der Waals surface area (Å²) >= 11 is 0. The first kappa shape index (κ1) is 11.9. The first-order valence-electron chi connectivity index (χ1n) is 5.40. The van der Waals surface area contributed by atoms with E-state index in [-0.39, 0.29) is 5.97 Å². The smallest absolute Gasteiger partial charge is 0.339 e. The molecule has 0 atom stereocenters. The molecule has 0 amide bonds. The lowest BCUT2D eigenvalue weighted by Crippen LogP contribution is -2.03. The summed E-state index contributed by atoms with van der Waals surface area (Å²) in [4.78, 5) is 15.5. The van der Waals surface area contributed by atoms with Gasteiger partial charge in [0.2, 0.25) is 0 Å². The van der Waals surface area contributed by atoms with Crippen molar-refractivity contribution in [2.24, 2.45) is 0 Å². The van der Waals surface area contributed by atoms with E-state index in [1.54, 1.807) is 30.6 Å². The van der Waals surface area contributed by atoms with Crippen LogP contribution in [0.2, 0.25) is 0 Å². The Kier molecular flexibility index (Phi) is 3.72. The van der Waals surface area contributed by atoms with E-state index < -0.39 is 0 Å². The van der Waals surface area contributed by atoms with Crippen molar-refractivity contribution >= 4 is 5.97 Å². The number of benzene rings is 1. The highest BCUT2D eigenvalue weighted by atomic mass is 16.5. The van der Waals surface area contributed by atoms with Crippen LogP contribution in [0, 0.1) is 11.8 Å². The van der Waals surface area contributed by atoms with Gasteiger partial charge in [-0.2, -0.15) is 0 Å². The lowest BCUT2D eigenvalue weighted by atomic mass is 10.1. The predicted molar refractivity (Wildman–Crippen MR) is 68.0 cm³/mol. The van der Waals surface area contributed by atoms with Crippen molar-refractivity contribution < 1.29 is 9.53 Å². The van der Waals surface area contributed by atoms with Crippen LogP contribution in [0.15, 0.2) is 48.8 Å². The summed E-state index contributed by atoms with van der Waals surface area (Å²) in [7, 11) is 1.36. The van der Waals surface area contributed by atoms with E-state index in [2.05, 4.69) is 16.8 Å². The molecule has 88 valence electrons. The van der Waals surface area contributed by atoms with Gasteiger partial charge in [0.1, 0.15) is 0 Å². The Morgan fingerprint density at radius 3 is 2.56 bits per heavy atom. The molecule has 3 heteroatoms. The zero-order chi connectivity index (χ0) is 12.8. The fourth-order valence-electron chi connectivity index (χ4n) is 1.45. The van der Waals surface area contributed by atoms with Gasteiger partial charge in [-0.15, -0.1) is 0 Å².